The SMILES string of the molecule is CC(C)(C)c1cc(C(C(N)=O)C(N)=O)no1. The van der Waals surface area contributed by atoms with Crippen molar-refractivity contribution in [3.8, 4) is 0 Å². The third-order valence-electron chi connectivity index (χ3n) is 2.13. The highest BCUT2D eigenvalue weighted by Gasteiger charge is 2.29. The number of nitrogens with zero attached hydrogens (tertiary/aromatic N) is 1. The summed E-state index contributed by atoms with van der Waals surface area (Å²) < 4.78 is 5.04. The van der Waals surface area contributed by atoms with Gasteiger partial charge in [-0.25, -0.2) is 0 Å². The molecule has 6 heteroatoms. The molecule has 0 radical (unpaired) electrons. The number of carbonyl (C=O) groups excluding carboxylic acids is 2. The normalized spacial score (nSPS) is 11.8. The van der Waals surface area contributed by atoms with Crippen LogP contribution in [0.1, 0.15) is 38.1 Å². The fourth-order valence-electron chi connectivity index (χ4n) is 1.21. The van der Waals surface area contributed by atoms with Crippen LogP contribution in [0.3, 0.4) is 0 Å². The molecule has 0 atom stereocenters. The molecule has 4 N–H and O–H groups in total. The predicted molar refractivity (Wildman–Crippen MR) is 56.3 cm³/mol. The van der Waals surface area contributed by atoms with Gasteiger partial charge in [-0.3, -0.25) is 9.59 Å². The van der Waals surface area contributed by atoms with Crippen LogP contribution in [0, 0.1) is 0 Å². The van der Waals surface area contributed by atoms with E-state index in [1.165, 1.54) is 6.07 Å². The molecular formula is C10H15N3O3. The van der Waals surface area contributed by atoms with Gasteiger partial charge in [0.2, 0.25) is 11.8 Å². The highest BCUT2D eigenvalue weighted by atomic mass is 16.5. The van der Waals surface area contributed by atoms with Crippen molar-refractivity contribution in [2.24, 2.45) is 11.5 Å². The molecule has 0 fully saturated rings. The van der Waals surface area contributed by atoms with Crippen molar-refractivity contribution in [2.45, 2.75) is 32.1 Å². The van der Waals surface area contributed by atoms with Crippen LogP contribution in [0.2, 0.25) is 0 Å². The summed E-state index contributed by atoms with van der Waals surface area (Å²) in [6.45, 7) is 5.75. The quantitative estimate of drug-likeness (QED) is 0.706. The Morgan fingerprint density at radius 3 is 2.12 bits per heavy atom. The molecule has 1 heterocycles. The summed E-state index contributed by atoms with van der Waals surface area (Å²) in [5, 5.41) is 3.65. The largest absolute Gasteiger partial charge is 0.369 e. The number of hydrogen-bond acceptors (Lipinski definition) is 4. The summed E-state index contributed by atoms with van der Waals surface area (Å²) in [5.41, 5.74) is 10.0. The topological polar surface area (TPSA) is 112 Å². The maximum absolute atomic E-state index is 11.0. The Morgan fingerprint density at radius 2 is 1.81 bits per heavy atom. The molecule has 0 saturated carbocycles. The Hall–Kier alpha value is -1.85. The first-order valence-corrected chi connectivity index (χ1v) is 4.79. The summed E-state index contributed by atoms with van der Waals surface area (Å²) >= 11 is 0. The lowest BCUT2D eigenvalue weighted by atomic mass is 9.92. The van der Waals surface area contributed by atoms with E-state index in [1.54, 1.807) is 0 Å². The van der Waals surface area contributed by atoms with E-state index in [9.17, 15) is 9.59 Å². The number of rotatable bonds is 3. The van der Waals surface area contributed by atoms with Crippen molar-refractivity contribution < 1.29 is 14.1 Å². The lowest BCUT2D eigenvalue weighted by Crippen LogP contribution is -2.33. The third-order valence-corrected chi connectivity index (χ3v) is 2.13. The van der Waals surface area contributed by atoms with Gasteiger partial charge in [-0.15, -0.1) is 0 Å². The molecule has 0 aromatic carbocycles. The fraction of sp³-hybridized carbons (Fsp3) is 0.500. The van der Waals surface area contributed by atoms with E-state index >= 15 is 0 Å². The van der Waals surface area contributed by atoms with Crippen LogP contribution in [-0.4, -0.2) is 17.0 Å². The number of primary amides is 2. The molecule has 0 aliphatic carbocycles. The van der Waals surface area contributed by atoms with Crippen LogP contribution in [0.15, 0.2) is 10.6 Å². The molecule has 1 rings (SSSR count). The Balaban J connectivity index is 3.09. The zero-order valence-electron chi connectivity index (χ0n) is 9.48. The molecule has 1 aromatic heterocycles. The summed E-state index contributed by atoms with van der Waals surface area (Å²) in [5.74, 6) is -2.34. The maximum atomic E-state index is 11.0. The van der Waals surface area contributed by atoms with Crippen molar-refractivity contribution in [1.82, 2.24) is 5.16 Å². The van der Waals surface area contributed by atoms with Crippen molar-refractivity contribution in [1.29, 1.82) is 0 Å². The van der Waals surface area contributed by atoms with Crippen molar-refractivity contribution in [2.75, 3.05) is 0 Å². The molecule has 0 aliphatic heterocycles. The number of nitrogens with two attached hydrogens (primary N) is 2. The van der Waals surface area contributed by atoms with Gasteiger partial charge in [0.1, 0.15) is 11.5 Å². The number of amides is 2. The standard InChI is InChI=1S/C10H15N3O3/c1-10(2,3)6-4-5(13-16-6)7(8(11)14)9(12)15/h4,7H,1-3H3,(H2,11,14)(H2,12,15). The molecule has 2 amide bonds. The van der Waals surface area contributed by atoms with Crippen LogP contribution in [0.5, 0.6) is 0 Å². The van der Waals surface area contributed by atoms with Crippen molar-refractivity contribution in [3.05, 3.63) is 17.5 Å². The average Bonchev–Trinajstić information content (AvgIpc) is 2.50. The fourth-order valence-corrected chi connectivity index (χ4v) is 1.21. The molecule has 1 aromatic rings. The van der Waals surface area contributed by atoms with Gasteiger partial charge in [-0.2, -0.15) is 0 Å². The average molecular weight is 225 g/mol. The highest BCUT2D eigenvalue weighted by molar-refractivity contribution is 6.03. The van der Waals surface area contributed by atoms with E-state index in [2.05, 4.69) is 5.16 Å². The van der Waals surface area contributed by atoms with E-state index in [0.717, 1.165) is 0 Å². The van der Waals surface area contributed by atoms with Crippen molar-refractivity contribution in [3.63, 3.8) is 0 Å². The minimum atomic E-state index is -1.24. The molecule has 0 spiro atoms. The first kappa shape index (κ1) is 12.2. The zero-order valence-corrected chi connectivity index (χ0v) is 9.48. The van der Waals surface area contributed by atoms with Gasteiger partial charge < -0.3 is 16.0 Å². The van der Waals surface area contributed by atoms with Gasteiger partial charge in [0.15, 0.2) is 5.92 Å². The Kier molecular flexibility index (Phi) is 3.02. The maximum Gasteiger partial charge on any atom is 0.236 e. The molecule has 88 valence electrons. The summed E-state index contributed by atoms with van der Waals surface area (Å²) in [4.78, 5) is 22.1. The minimum absolute atomic E-state index is 0.157. The molecule has 0 aliphatic rings. The number of aromatic nitrogens is 1. The second-order valence-corrected chi connectivity index (χ2v) is 4.60. The molecule has 0 unspecified atom stereocenters. The van der Waals surface area contributed by atoms with Crippen LogP contribution in [0.4, 0.5) is 0 Å². The minimum Gasteiger partial charge on any atom is -0.369 e. The second kappa shape index (κ2) is 3.96. The van der Waals surface area contributed by atoms with Crippen molar-refractivity contribution >= 4 is 11.8 Å². The highest BCUT2D eigenvalue weighted by Crippen LogP contribution is 2.25. The summed E-state index contributed by atoms with van der Waals surface area (Å²) in [7, 11) is 0. The van der Waals surface area contributed by atoms with E-state index in [0.29, 0.717) is 5.76 Å². The molecule has 6 nitrogen and oxygen atoms in total. The second-order valence-electron chi connectivity index (χ2n) is 4.60. The van der Waals surface area contributed by atoms with E-state index in [4.69, 9.17) is 16.0 Å². The third kappa shape index (κ3) is 2.39. The van der Waals surface area contributed by atoms with Gasteiger partial charge in [0.05, 0.1) is 0 Å². The Labute approximate surface area is 93.0 Å². The lowest BCUT2D eigenvalue weighted by molar-refractivity contribution is -0.128. The molecular weight excluding hydrogens is 210 g/mol. The Bertz CT molecular complexity index is 403. The zero-order chi connectivity index (χ0) is 12.5. The first-order valence-electron chi connectivity index (χ1n) is 4.79. The van der Waals surface area contributed by atoms with E-state index in [-0.39, 0.29) is 11.1 Å². The van der Waals surface area contributed by atoms with Gasteiger partial charge in [0, 0.05) is 11.5 Å². The molecule has 16 heavy (non-hydrogen) atoms. The van der Waals surface area contributed by atoms with Crippen LogP contribution in [-0.2, 0) is 15.0 Å². The Morgan fingerprint density at radius 1 is 1.31 bits per heavy atom. The molecule has 0 bridgehead atoms. The predicted octanol–water partition coefficient (Wildman–Crippen LogP) is 0.0263. The summed E-state index contributed by atoms with van der Waals surface area (Å²) in [6.07, 6.45) is 0. The lowest BCUT2D eigenvalue weighted by Gasteiger charge is -2.12. The monoisotopic (exact) mass is 225 g/mol. The van der Waals surface area contributed by atoms with E-state index < -0.39 is 17.7 Å². The van der Waals surface area contributed by atoms with Gasteiger partial charge in [-0.1, -0.05) is 25.9 Å². The molecule has 0 saturated heterocycles. The van der Waals surface area contributed by atoms with Gasteiger partial charge in [-0.05, 0) is 0 Å². The first-order chi connectivity index (χ1) is 7.23. The number of hydrogen-bond donors (Lipinski definition) is 2. The summed E-state index contributed by atoms with van der Waals surface area (Å²) in [6, 6.07) is 1.53. The van der Waals surface area contributed by atoms with Crippen LogP contribution in [0.25, 0.3) is 0 Å². The van der Waals surface area contributed by atoms with E-state index in [1.807, 2.05) is 20.8 Å². The van der Waals surface area contributed by atoms with Crippen LogP contribution < -0.4 is 11.5 Å². The van der Waals surface area contributed by atoms with Crippen LogP contribution >= 0.6 is 0 Å². The van der Waals surface area contributed by atoms with Gasteiger partial charge >= 0.3 is 0 Å². The van der Waals surface area contributed by atoms with Gasteiger partial charge in [0.25, 0.3) is 0 Å². The smallest absolute Gasteiger partial charge is 0.236 e. The number of carbonyl (C=O) groups is 2.